The van der Waals surface area contributed by atoms with Gasteiger partial charge in [0.05, 0.1) is 17.4 Å². The van der Waals surface area contributed by atoms with E-state index in [1.807, 2.05) is 55.3 Å². The smallest absolute Gasteiger partial charge is 0.243 e. The summed E-state index contributed by atoms with van der Waals surface area (Å²) < 4.78 is 1.81. The Kier molecular flexibility index (Phi) is 5.24. The number of nitrogens with zero attached hydrogens (tertiary/aromatic N) is 3. The van der Waals surface area contributed by atoms with Gasteiger partial charge in [0.15, 0.2) is 0 Å². The van der Waals surface area contributed by atoms with Crippen LogP contribution in [0.4, 0.5) is 0 Å². The zero-order valence-electron chi connectivity index (χ0n) is 18.8. The number of fused-ring (bicyclic) bond motifs is 2. The molecule has 1 aromatic carbocycles. The van der Waals surface area contributed by atoms with Gasteiger partial charge in [-0.3, -0.25) is 19.1 Å². The third kappa shape index (κ3) is 3.12. The van der Waals surface area contributed by atoms with E-state index in [0.717, 1.165) is 29.4 Å². The minimum Gasteiger partial charge on any atom is -0.343 e. The van der Waals surface area contributed by atoms with E-state index in [4.69, 9.17) is 0 Å². The van der Waals surface area contributed by atoms with Crippen LogP contribution < -0.4 is 0 Å². The number of benzene rings is 1. The summed E-state index contributed by atoms with van der Waals surface area (Å²) in [5, 5.41) is 1.14. The fraction of sp³-hybridized carbons (Fsp3) is 0.370. The van der Waals surface area contributed by atoms with Crippen molar-refractivity contribution in [1.82, 2.24) is 14.4 Å². The number of rotatable bonds is 6. The maximum atomic E-state index is 13.2. The number of allylic oxidation sites excluding steroid dienone is 1. The topological polar surface area (TPSA) is 45.6 Å². The molecule has 1 unspecified atom stereocenters. The van der Waals surface area contributed by atoms with Crippen LogP contribution in [0.5, 0.6) is 0 Å². The van der Waals surface area contributed by atoms with Gasteiger partial charge < -0.3 is 4.90 Å². The lowest BCUT2D eigenvalue weighted by molar-refractivity contribution is -0.134. The molecule has 1 amide bonds. The minimum atomic E-state index is -0.197. The summed E-state index contributed by atoms with van der Waals surface area (Å²) in [5.74, 6) is -0.123. The van der Waals surface area contributed by atoms with Crippen LogP contribution in [0.3, 0.4) is 0 Å². The zero-order valence-corrected chi connectivity index (χ0v) is 18.8. The van der Waals surface area contributed by atoms with E-state index >= 15 is 0 Å². The molecule has 2 atom stereocenters. The molecule has 3 aliphatic rings. The highest BCUT2D eigenvalue weighted by Gasteiger charge is 2.38. The summed E-state index contributed by atoms with van der Waals surface area (Å²) in [4.78, 5) is 30.6. The second-order valence-corrected chi connectivity index (χ2v) is 8.79. The van der Waals surface area contributed by atoms with Crippen LogP contribution in [0, 0.1) is 11.8 Å². The standard InChI is InChI=1S/C27H29N3O2/c1-4-13-29-16-20(26(31)28(5-2)6-3)14-22-21-11-8-12-23-25(21)19(15-24(22)29)17-30(23)27(32)18-9-7-10-18/h4,8-12,14,17-18,20,24H,1,5-6,13,15-16H2,2-3H3/t20-,24?/m1/s1. The third-order valence-electron chi connectivity index (χ3n) is 7.07. The van der Waals surface area contributed by atoms with Gasteiger partial charge in [0.2, 0.25) is 11.8 Å². The van der Waals surface area contributed by atoms with Gasteiger partial charge in [0.1, 0.15) is 0 Å². The lowest BCUT2D eigenvalue weighted by Gasteiger charge is -2.42. The maximum absolute atomic E-state index is 13.2. The summed E-state index contributed by atoms with van der Waals surface area (Å²) >= 11 is 0. The zero-order chi connectivity index (χ0) is 22.4. The molecule has 0 spiro atoms. The summed E-state index contributed by atoms with van der Waals surface area (Å²) in [6, 6.07) is 6.37. The van der Waals surface area contributed by atoms with Crippen molar-refractivity contribution in [3.8, 4) is 0 Å². The predicted molar refractivity (Wildman–Crippen MR) is 127 cm³/mol. The van der Waals surface area contributed by atoms with Gasteiger partial charge in [-0.05, 0) is 55.2 Å². The van der Waals surface area contributed by atoms with E-state index < -0.39 is 0 Å². The number of hydrogen-bond acceptors (Lipinski definition) is 3. The largest absolute Gasteiger partial charge is 0.343 e. The average molecular weight is 428 g/mol. The minimum absolute atomic E-state index is 0.0635. The monoisotopic (exact) mass is 427 g/mol. The van der Waals surface area contributed by atoms with Crippen LogP contribution in [0.15, 0.2) is 61.0 Å². The number of carbonyl (C=O) groups excluding carboxylic acids is 2. The van der Waals surface area contributed by atoms with Crippen LogP contribution >= 0.6 is 0 Å². The first-order valence-electron chi connectivity index (χ1n) is 11.5. The normalized spacial score (nSPS) is 21.8. The Labute approximate surface area is 189 Å². The predicted octanol–water partition coefficient (Wildman–Crippen LogP) is 3.92. The molecule has 0 saturated heterocycles. The van der Waals surface area contributed by atoms with Gasteiger partial charge in [0.25, 0.3) is 0 Å². The molecular weight excluding hydrogens is 398 g/mol. The highest BCUT2D eigenvalue weighted by atomic mass is 16.2. The summed E-state index contributed by atoms with van der Waals surface area (Å²) in [7, 11) is 0. The highest BCUT2D eigenvalue weighted by Crippen LogP contribution is 2.42. The van der Waals surface area contributed by atoms with Crippen LogP contribution in [0.2, 0.25) is 0 Å². The van der Waals surface area contributed by atoms with Crippen molar-refractivity contribution < 1.29 is 9.59 Å². The molecule has 0 radical (unpaired) electrons. The first-order valence-corrected chi connectivity index (χ1v) is 11.5. The van der Waals surface area contributed by atoms with Crippen LogP contribution in [-0.2, 0) is 11.2 Å². The van der Waals surface area contributed by atoms with Crippen molar-refractivity contribution in [2.75, 3.05) is 26.2 Å². The number of carbonyl (C=O) groups is 2. The van der Waals surface area contributed by atoms with Gasteiger partial charge in [-0.2, -0.15) is 0 Å². The van der Waals surface area contributed by atoms with Crippen LogP contribution in [0.1, 0.15) is 29.8 Å². The molecule has 1 aromatic heterocycles. The van der Waals surface area contributed by atoms with Crippen molar-refractivity contribution in [3.63, 3.8) is 0 Å². The summed E-state index contributed by atoms with van der Waals surface area (Å²) in [6.45, 7) is 10.9. The van der Waals surface area contributed by atoms with E-state index in [0.29, 0.717) is 19.6 Å². The molecular formula is C27H29N3O2. The second kappa shape index (κ2) is 8.09. The van der Waals surface area contributed by atoms with Crippen molar-refractivity contribution in [1.29, 1.82) is 0 Å². The molecule has 0 N–H and O–H groups in total. The van der Waals surface area contributed by atoms with Crippen molar-refractivity contribution >= 4 is 28.3 Å². The van der Waals surface area contributed by atoms with E-state index in [-0.39, 0.29) is 29.7 Å². The maximum Gasteiger partial charge on any atom is 0.243 e. The highest BCUT2D eigenvalue weighted by molar-refractivity contribution is 6.04. The molecule has 2 aromatic rings. The number of amides is 1. The number of hydrogen-bond donors (Lipinski definition) is 0. The van der Waals surface area contributed by atoms with Crippen molar-refractivity contribution in [2.24, 2.45) is 11.8 Å². The first-order chi connectivity index (χ1) is 15.6. The van der Waals surface area contributed by atoms with E-state index in [2.05, 4.69) is 29.4 Å². The van der Waals surface area contributed by atoms with Crippen molar-refractivity contribution in [3.05, 3.63) is 72.1 Å². The molecule has 5 rings (SSSR count). The molecule has 164 valence electrons. The van der Waals surface area contributed by atoms with E-state index in [1.165, 1.54) is 11.1 Å². The molecule has 2 heterocycles. The fourth-order valence-corrected chi connectivity index (χ4v) is 5.40. The Morgan fingerprint density at radius 3 is 2.69 bits per heavy atom. The van der Waals surface area contributed by atoms with Gasteiger partial charge >= 0.3 is 0 Å². The molecule has 5 heteroatoms. The molecule has 5 nitrogen and oxygen atoms in total. The van der Waals surface area contributed by atoms with Gasteiger partial charge in [-0.1, -0.05) is 24.3 Å². The Morgan fingerprint density at radius 1 is 1.25 bits per heavy atom. The van der Waals surface area contributed by atoms with Crippen LogP contribution in [0.25, 0.3) is 16.5 Å². The van der Waals surface area contributed by atoms with E-state index in [9.17, 15) is 9.59 Å². The Hall–Kier alpha value is -3.14. The fourth-order valence-electron chi connectivity index (χ4n) is 5.40. The van der Waals surface area contributed by atoms with Gasteiger partial charge in [0, 0.05) is 43.8 Å². The second-order valence-electron chi connectivity index (χ2n) is 8.79. The Morgan fingerprint density at radius 2 is 2.03 bits per heavy atom. The van der Waals surface area contributed by atoms with Crippen LogP contribution in [-0.4, -0.2) is 58.4 Å². The summed E-state index contributed by atoms with van der Waals surface area (Å²) in [5.41, 5.74) is 7.44. The lowest BCUT2D eigenvalue weighted by atomic mass is 9.79. The quantitative estimate of drug-likeness (QED) is 0.519. The molecule has 0 saturated carbocycles. The molecule has 1 aliphatic heterocycles. The molecule has 0 bridgehead atoms. The Balaban J connectivity index is 1.62. The Bertz CT molecular complexity index is 1200. The SMILES string of the molecule is C=CCN1C[C@H](C(=O)N(CC)CC)C=C2c3cccc4c3c(cn4C(=O)C3C=C=C3)CC21. The number of aromatic nitrogens is 1. The molecule has 0 fully saturated rings. The van der Waals surface area contributed by atoms with E-state index in [1.54, 1.807) is 4.57 Å². The average Bonchev–Trinajstić information content (AvgIpc) is 3.14. The van der Waals surface area contributed by atoms with Crippen molar-refractivity contribution in [2.45, 2.75) is 26.3 Å². The molecule has 2 aliphatic carbocycles. The third-order valence-corrected chi connectivity index (χ3v) is 7.07. The molecule has 32 heavy (non-hydrogen) atoms. The van der Waals surface area contributed by atoms with Gasteiger partial charge in [-0.25, -0.2) is 0 Å². The summed E-state index contributed by atoms with van der Waals surface area (Å²) in [6.07, 6.45) is 10.6. The van der Waals surface area contributed by atoms with Gasteiger partial charge in [-0.15, -0.1) is 12.3 Å². The first kappa shape index (κ1) is 20.7. The lowest BCUT2D eigenvalue weighted by Crippen LogP contribution is -2.49.